The van der Waals surface area contributed by atoms with E-state index in [1.807, 2.05) is 0 Å². The minimum absolute atomic E-state index is 0.0569. The number of ether oxygens (including phenoxy) is 5. The van der Waals surface area contributed by atoms with Gasteiger partial charge in [0.1, 0.15) is 24.4 Å². The molecule has 0 saturated carbocycles. The van der Waals surface area contributed by atoms with Crippen LogP contribution in [0.25, 0.3) is 0 Å². The Morgan fingerprint density at radius 3 is 1.63 bits per heavy atom. The van der Waals surface area contributed by atoms with Gasteiger partial charge in [-0.1, -0.05) is 0 Å². The number of epoxide rings is 2. The second-order valence-corrected chi connectivity index (χ2v) is 5.28. The summed E-state index contributed by atoms with van der Waals surface area (Å²) in [6.45, 7) is 3.34. The van der Waals surface area contributed by atoms with E-state index in [1.54, 1.807) is 13.8 Å². The molecule has 0 aromatic carbocycles. The van der Waals surface area contributed by atoms with Gasteiger partial charge in [0.25, 0.3) is 0 Å². The molecule has 4 heterocycles. The topological polar surface area (TPSA) is 86.9 Å². The molecule has 4 fully saturated rings. The maximum atomic E-state index is 11.6. The Labute approximate surface area is 109 Å². The second kappa shape index (κ2) is 3.83. The predicted molar refractivity (Wildman–Crippen MR) is 57.1 cm³/mol. The number of carbonyl (C=O) groups is 2. The first-order valence-corrected chi connectivity index (χ1v) is 6.41. The van der Waals surface area contributed by atoms with Gasteiger partial charge in [-0.25, -0.2) is 0 Å². The van der Waals surface area contributed by atoms with Crippen LogP contribution in [-0.4, -0.2) is 60.8 Å². The van der Waals surface area contributed by atoms with Crippen LogP contribution in [0.1, 0.15) is 13.8 Å². The van der Waals surface area contributed by atoms with Crippen molar-refractivity contribution in [3.63, 3.8) is 0 Å². The fraction of sp³-hybridized carbons (Fsp3) is 0.833. The van der Waals surface area contributed by atoms with Crippen molar-refractivity contribution in [2.24, 2.45) is 0 Å². The zero-order chi connectivity index (χ0) is 13.3. The van der Waals surface area contributed by atoms with Crippen molar-refractivity contribution < 1.29 is 33.3 Å². The van der Waals surface area contributed by atoms with E-state index in [0.717, 1.165) is 0 Å². The summed E-state index contributed by atoms with van der Waals surface area (Å²) < 4.78 is 27.1. The molecule has 0 radical (unpaired) electrons. The summed E-state index contributed by atoms with van der Waals surface area (Å²) in [5.41, 5.74) is 0. The van der Waals surface area contributed by atoms with E-state index in [4.69, 9.17) is 23.7 Å². The van der Waals surface area contributed by atoms with Crippen LogP contribution in [0.15, 0.2) is 0 Å². The maximum Gasteiger partial charge on any atom is 0.192 e. The molecule has 0 bridgehead atoms. The van der Waals surface area contributed by atoms with Gasteiger partial charge in [0, 0.05) is 0 Å². The predicted octanol–water partition coefficient (Wildman–Crippen LogP) is -0.834. The normalized spacial score (nSPS) is 55.5. The fourth-order valence-corrected chi connectivity index (χ4v) is 2.62. The van der Waals surface area contributed by atoms with Crippen molar-refractivity contribution in [1.82, 2.24) is 0 Å². The van der Waals surface area contributed by atoms with Crippen molar-refractivity contribution in [3.05, 3.63) is 0 Å². The molecule has 4 aliphatic heterocycles. The quantitative estimate of drug-likeness (QED) is 0.605. The molecule has 0 amide bonds. The van der Waals surface area contributed by atoms with Crippen LogP contribution in [0.5, 0.6) is 0 Å². The van der Waals surface area contributed by atoms with Crippen LogP contribution in [-0.2, 0) is 33.3 Å². The maximum absolute atomic E-state index is 11.6. The van der Waals surface area contributed by atoms with Crippen LogP contribution in [0.2, 0.25) is 0 Å². The van der Waals surface area contributed by atoms with Gasteiger partial charge >= 0.3 is 0 Å². The lowest BCUT2D eigenvalue weighted by atomic mass is 10.1. The molecule has 0 N–H and O–H groups in total. The minimum atomic E-state index is -0.645. The second-order valence-electron chi connectivity index (χ2n) is 5.28. The Hall–Kier alpha value is -0.860. The number of hydrogen-bond acceptors (Lipinski definition) is 7. The van der Waals surface area contributed by atoms with Crippen molar-refractivity contribution >= 4 is 11.6 Å². The average molecular weight is 270 g/mol. The van der Waals surface area contributed by atoms with E-state index in [-0.39, 0.29) is 23.8 Å². The van der Waals surface area contributed by atoms with Crippen LogP contribution >= 0.6 is 0 Å². The molecule has 19 heavy (non-hydrogen) atoms. The monoisotopic (exact) mass is 270 g/mol. The number of carbonyl (C=O) groups excluding carboxylic acids is 2. The van der Waals surface area contributed by atoms with Crippen molar-refractivity contribution in [3.8, 4) is 0 Å². The van der Waals surface area contributed by atoms with Gasteiger partial charge < -0.3 is 23.7 Å². The average Bonchev–Trinajstić information content (AvgIpc) is 3.24. The molecule has 104 valence electrons. The number of hydrogen-bond donors (Lipinski definition) is 0. The summed E-state index contributed by atoms with van der Waals surface area (Å²) in [5, 5.41) is 0. The minimum Gasteiger partial charge on any atom is -0.356 e. The molecule has 4 aliphatic rings. The number of Topliss-reactive ketones (excluding diaryl/α,β-unsaturated/α-hetero) is 2. The van der Waals surface area contributed by atoms with E-state index in [9.17, 15) is 9.59 Å². The molecule has 0 aliphatic carbocycles. The molecule has 7 heteroatoms. The zero-order valence-electron chi connectivity index (χ0n) is 10.5. The summed E-state index contributed by atoms with van der Waals surface area (Å²) >= 11 is 0. The zero-order valence-corrected chi connectivity index (χ0v) is 10.5. The van der Waals surface area contributed by atoms with Crippen LogP contribution in [0.4, 0.5) is 0 Å². The number of fused-ring (bicyclic) bond motifs is 2. The first kappa shape index (κ1) is 11.9. The highest BCUT2D eigenvalue weighted by Gasteiger charge is 2.61. The molecule has 0 aromatic rings. The third kappa shape index (κ3) is 1.77. The molecule has 4 saturated heterocycles. The van der Waals surface area contributed by atoms with Gasteiger partial charge in [0.2, 0.25) is 0 Å². The van der Waals surface area contributed by atoms with Gasteiger partial charge in [-0.3, -0.25) is 9.59 Å². The van der Waals surface area contributed by atoms with Gasteiger partial charge in [0.15, 0.2) is 36.4 Å². The van der Waals surface area contributed by atoms with Gasteiger partial charge in [-0.05, 0) is 13.8 Å². The molecular formula is C12H14O7. The standard InChI is InChI=1S/C12H14O7/c1-3-5(13)7-9(17-7)11(15-3)19-12-10-8(18-10)6(14)4(2)16-12/h3-4,7-12H,1-2H3. The van der Waals surface area contributed by atoms with Gasteiger partial charge in [0.05, 0.1) is 0 Å². The van der Waals surface area contributed by atoms with E-state index < -0.39 is 37.0 Å². The van der Waals surface area contributed by atoms with Crippen molar-refractivity contribution in [2.75, 3.05) is 0 Å². The Morgan fingerprint density at radius 2 is 1.21 bits per heavy atom. The Morgan fingerprint density at radius 1 is 0.789 bits per heavy atom. The van der Waals surface area contributed by atoms with Crippen LogP contribution < -0.4 is 0 Å². The van der Waals surface area contributed by atoms with Crippen molar-refractivity contribution in [1.29, 1.82) is 0 Å². The molecule has 0 aromatic heterocycles. The first-order chi connectivity index (χ1) is 9.06. The SMILES string of the molecule is CC1OC(OC2OC(C)C(=O)C3OC23)C2OC2C1=O. The van der Waals surface area contributed by atoms with E-state index in [2.05, 4.69) is 0 Å². The lowest BCUT2D eigenvalue weighted by molar-refractivity contribution is -0.275. The van der Waals surface area contributed by atoms with Crippen LogP contribution in [0, 0.1) is 0 Å². The van der Waals surface area contributed by atoms with Gasteiger partial charge in [-0.15, -0.1) is 0 Å². The van der Waals surface area contributed by atoms with E-state index in [1.165, 1.54) is 0 Å². The third-order valence-electron chi connectivity index (χ3n) is 3.89. The summed E-state index contributed by atoms with van der Waals surface area (Å²) in [6, 6.07) is 0. The third-order valence-corrected chi connectivity index (χ3v) is 3.89. The molecule has 0 spiro atoms. The summed E-state index contributed by atoms with van der Waals surface area (Å²) in [4.78, 5) is 23.1. The van der Waals surface area contributed by atoms with Crippen LogP contribution in [0.3, 0.4) is 0 Å². The first-order valence-electron chi connectivity index (χ1n) is 6.41. The highest BCUT2D eigenvalue weighted by molar-refractivity contribution is 5.91. The van der Waals surface area contributed by atoms with Gasteiger partial charge in [-0.2, -0.15) is 0 Å². The molecular weight excluding hydrogens is 256 g/mol. The largest absolute Gasteiger partial charge is 0.356 e. The summed E-state index contributed by atoms with van der Waals surface area (Å²) in [7, 11) is 0. The lowest BCUT2D eigenvalue weighted by Crippen LogP contribution is -2.48. The Kier molecular flexibility index (Phi) is 2.40. The fourth-order valence-electron chi connectivity index (χ4n) is 2.62. The summed E-state index contributed by atoms with van der Waals surface area (Å²) in [5.74, 6) is -0.114. The highest BCUT2D eigenvalue weighted by Crippen LogP contribution is 2.40. The Bertz CT molecular complexity index is 401. The highest BCUT2D eigenvalue weighted by atomic mass is 16.8. The van der Waals surface area contributed by atoms with Crippen molar-refractivity contribution in [2.45, 2.75) is 63.1 Å². The smallest absolute Gasteiger partial charge is 0.192 e. The molecule has 7 nitrogen and oxygen atoms in total. The van der Waals surface area contributed by atoms with E-state index in [0.29, 0.717) is 0 Å². The Balaban J connectivity index is 1.43. The van der Waals surface area contributed by atoms with E-state index >= 15 is 0 Å². The number of ketones is 2. The molecule has 4 rings (SSSR count). The summed E-state index contributed by atoms with van der Waals surface area (Å²) in [6.07, 6.45) is -3.96. The molecule has 8 atom stereocenters. The molecule has 8 unspecified atom stereocenters. The number of rotatable bonds is 2. The lowest BCUT2D eigenvalue weighted by Gasteiger charge is -2.30.